The molecule has 31 heavy (non-hydrogen) atoms. The van der Waals surface area contributed by atoms with Crippen LogP contribution in [0, 0.1) is 5.92 Å². The Labute approximate surface area is 180 Å². The number of hydrogen-bond acceptors (Lipinski definition) is 6. The van der Waals surface area contributed by atoms with Crippen molar-refractivity contribution in [2.45, 2.75) is 25.4 Å². The molecule has 164 valence electrons. The van der Waals surface area contributed by atoms with Crippen LogP contribution in [-0.2, 0) is 14.3 Å². The van der Waals surface area contributed by atoms with E-state index in [0.717, 1.165) is 11.3 Å². The Morgan fingerprint density at radius 2 is 1.94 bits per heavy atom. The molecule has 9 nitrogen and oxygen atoms in total. The van der Waals surface area contributed by atoms with Gasteiger partial charge >= 0.3 is 12.1 Å². The number of nitrogens with zero attached hydrogens (tertiary/aromatic N) is 2. The van der Waals surface area contributed by atoms with Crippen LogP contribution in [0.1, 0.15) is 13.3 Å². The van der Waals surface area contributed by atoms with Gasteiger partial charge in [0, 0.05) is 24.1 Å². The Kier molecular flexibility index (Phi) is 7.07. The first-order valence-electron chi connectivity index (χ1n) is 9.92. The molecule has 3 rings (SSSR count). The van der Waals surface area contributed by atoms with E-state index in [4.69, 9.17) is 4.74 Å². The quantitative estimate of drug-likeness (QED) is 0.695. The van der Waals surface area contributed by atoms with Gasteiger partial charge in [0.05, 0.1) is 19.4 Å². The van der Waals surface area contributed by atoms with E-state index in [-0.39, 0.29) is 25.5 Å². The molecule has 1 fully saturated rings. The number of rotatable bonds is 7. The molecule has 1 aromatic carbocycles. The van der Waals surface area contributed by atoms with Crippen molar-refractivity contribution in [3.05, 3.63) is 48.5 Å². The van der Waals surface area contributed by atoms with Crippen LogP contribution in [0.25, 0.3) is 11.3 Å². The minimum Gasteiger partial charge on any atom is -0.480 e. The Balaban J connectivity index is 1.63. The van der Waals surface area contributed by atoms with Gasteiger partial charge in [-0.2, -0.15) is 0 Å². The number of ether oxygens (including phenoxy) is 2. The lowest BCUT2D eigenvalue weighted by Gasteiger charge is -2.25. The Morgan fingerprint density at radius 1 is 1.19 bits per heavy atom. The first-order chi connectivity index (χ1) is 14.9. The van der Waals surface area contributed by atoms with Gasteiger partial charge in [-0.25, -0.2) is 14.6 Å². The SMILES string of the molecule is COC(=O)N[C@@H](C)C(=O)N1C[C@H](COc2cccc(-c3ccccc3)n2)C[C@H]1C(=O)O. The zero-order valence-electron chi connectivity index (χ0n) is 17.4. The number of carboxylic acids is 1. The Morgan fingerprint density at radius 3 is 2.61 bits per heavy atom. The second kappa shape index (κ2) is 9.92. The number of nitrogens with one attached hydrogen (secondary N) is 1. The van der Waals surface area contributed by atoms with Gasteiger partial charge in [-0.15, -0.1) is 0 Å². The van der Waals surface area contributed by atoms with Crippen molar-refractivity contribution in [2.24, 2.45) is 5.92 Å². The summed E-state index contributed by atoms with van der Waals surface area (Å²) in [5.74, 6) is -1.33. The second-order valence-electron chi connectivity index (χ2n) is 7.34. The highest BCUT2D eigenvalue weighted by Crippen LogP contribution is 2.26. The fraction of sp³-hybridized carbons (Fsp3) is 0.364. The average Bonchev–Trinajstić information content (AvgIpc) is 3.22. The first-order valence-corrected chi connectivity index (χ1v) is 9.92. The summed E-state index contributed by atoms with van der Waals surface area (Å²) >= 11 is 0. The Hall–Kier alpha value is -3.62. The van der Waals surface area contributed by atoms with Gasteiger partial charge in [0.15, 0.2) is 0 Å². The molecule has 0 bridgehead atoms. The number of carbonyl (C=O) groups is 3. The third-order valence-corrected chi connectivity index (χ3v) is 5.11. The molecule has 0 radical (unpaired) electrons. The van der Waals surface area contributed by atoms with Crippen LogP contribution in [0.2, 0.25) is 0 Å². The van der Waals surface area contributed by atoms with E-state index in [1.165, 1.54) is 18.9 Å². The van der Waals surface area contributed by atoms with E-state index in [1.807, 2.05) is 42.5 Å². The van der Waals surface area contributed by atoms with Crippen LogP contribution in [0.5, 0.6) is 5.88 Å². The van der Waals surface area contributed by atoms with Crippen molar-refractivity contribution in [2.75, 3.05) is 20.3 Å². The van der Waals surface area contributed by atoms with Gasteiger partial charge in [-0.05, 0) is 19.4 Å². The normalized spacial score (nSPS) is 18.8. The summed E-state index contributed by atoms with van der Waals surface area (Å²) in [7, 11) is 1.19. The van der Waals surface area contributed by atoms with Crippen molar-refractivity contribution in [1.82, 2.24) is 15.2 Å². The molecule has 2 heterocycles. The van der Waals surface area contributed by atoms with Crippen molar-refractivity contribution in [3.63, 3.8) is 0 Å². The summed E-state index contributed by atoms with van der Waals surface area (Å²) in [5.41, 5.74) is 1.73. The van der Waals surface area contributed by atoms with Crippen LogP contribution in [0.15, 0.2) is 48.5 Å². The number of aliphatic carboxylic acids is 1. The lowest BCUT2D eigenvalue weighted by molar-refractivity contribution is -0.148. The molecule has 2 amide bonds. The predicted molar refractivity (Wildman–Crippen MR) is 111 cm³/mol. The van der Waals surface area contributed by atoms with E-state index < -0.39 is 30.1 Å². The van der Waals surface area contributed by atoms with Gasteiger partial charge in [-0.1, -0.05) is 36.4 Å². The third-order valence-electron chi connectivity index (χ3n) is 5.11. The van der Waals surface area contributed by atoms with Crippen LogP contribution in [-0.4, -0.2) is 65.3 Å². The summed E-state index contributed by atoms with van der Waals surface area (Å²) in [6.07, 6.45) is -0.499. The van der Waals surface area contributed by atoms with E-state index in [0.29, 0.717) is 5.88 Å². The molecule has 1 aliphatic heterocycles. The minimum atomic E-state index is -1.09. The lowest BCUT2D eigenvalue weighted by atomic mass is 10.1. The molecule has 2 N–H and O–H groups in total. The molecule has 1 aromatic heterocycles. The average molecular weight is 427 g/mol. The molecule has 2 aromatic rings. The zero-order valence-corrected chi connectivity index (χ0v) is 17.4. The van der Waals surface area contributed by atoms with Crippen LogP contribution >= 0.6 is 0 Å². The number of carboxylic acid groups (broad SMARTS) is 1. The van der Waals surface area contributed by atoms with Crippen LogP contribution in [0.3, 0.4) is 0 Å². The molecule has 3 atom stereocenters. The van der Waals surface area contributed by atoms with Crippen LogP contribution < -0.4 is 10.1 Å². The molecular formula is C22H25N3O6. The first kappa shape index (κ1) is 22.1. The maximum absolute atomic E-state index is 12.7. The number of benzene rings is 1. The van der Waals surface area contributed by atoms with Gasteiger partial charge in [-0.3, -0.25) is 4.79 Å². The topological polar surface area (TPSA) is 118 Å². The number of pyridine rings is 1. The standard InChI is InChI=1S/C22H25N3O6/c1-14(23-22(29)30-2)20(26)25-12-15(11-18(25)21(27)28)13-31-19-10-6-9-17(24-19)16-7-4-3-5-8-16/h3-10,14-15,18H,11-13H2,1-2H3,(H,23,29)(H,27,28)/t14-,15+,18-/m0/s1. The van der Waals surface area contributed by atoms with Gasteiger partial charge in [0.25, 0.3) is 0 Å². The minimum absolute atomic E-state index is 0.183. The van der Waals surface area contributed by atoms with Crippen molar-refractivity contribution in [3.8, 4) is 17.1 Å². The second-order valence-corrected chi connectivity index (χ2v) is 7.34. The highest BCUT2D eigenvalue weighted by atomic mass is 16.5. The summed E-state index contributed by atoms with van der Waals surface area (Å²) in [6, 6.07) is 13.3. The predicted octanol–water partition coefficient (Wildman–Crippen LogP) is 2.17. The highest BCUT2D eigenvalue weighted by Gasteiger charge is 2.41. The zero-order chi connectivity index (χ0) is 22.4. The number of methoxy groups -OCH3 is 1. The number of likely N-dealkylation sites (tertiary alicyclic amines) is 1. The number of alkyl carbamates (subject to hydrolysis) is 1. The number of hydrogen-bond donors (Lipinski definition) is 2. The fourth-order valence-electron chi connectivity index (χ4n) is 3.54. The molecule has 0 aliphatic carbocycles. The molecule has 0 spiro atoms. The van der Waals surface area contributed by atoms with E-state index in [1.54, 1.807) is 6.07 Å². The fourth-order valence-corrected chi connectivity index (χ4v) is 3.54. The third kappa shape index (κ3) is 5.50. The van der Waals surface area contributed by atoms with E-state index in [2.05, 4.69) is 15.0 Å². The van der Waals surface area contributed by atoms with Crippen LogP contribution in [0.4, 0.5) is 4.79 Å². The summed E-state index contributed by atoms with van der Waals surface area (Å²) < 4.78 is 10.3. The summed E-state index contributed by atoms with van der Waals surface area (Å²) in [6.45, 7) is 1.92. The monoisotopic (exact) mass is 427 g/mol. The highest BCUT2D eigenvalue weighted by molar-refractivity contribution is 5.89. The molecule has 1 aliphatic rings. The smallest absolute Gasteiger partial charge is 0.407 e. The summed E-state index contributed by atoms with van der Waals surface area (Å²) in [4.78, 5) is 41.5. The maximum Gasteiger partial charge on any atom is 0.407 e. The molecule has 9 heteroatoms. The number of amides is 2. The maximum atomic E-state index is 12.7. The largest absolute Gasteiger partial charge is 0.480 e. The van der Waals surface area contributed by atoms with Gasteiger partial charge in [0.2, 0.25) is 11.8 Å². The van der Waals surface area contributed by atoms with Crippen molar-refractivity contribution < 1.29 is 29.0 Å². The van der Waals surface area contributed by atoms with Gasteiger partial charge < -0.3 is 24.8 Å². The molecule has 0 saturated carbocycles. The lowest BCUT2D eigenvalue weighted by Crippen LogP contribution is -2.50. The molecule has 0 unspecified atom stereocenters. The molecular weight excluding hydrogens is 402 g/mol. The number of carbonyl (C=O) groups excluding carboxylic acids is 2. The van der Waals surface area contributed by atoms with Crippen molar-refractivity contribution in [1.29, 1.82) is 0 Å². The number of aromatic nitrogens is 1. The van der Waals surface area contributed by atoms with E-state index >= 15 is 0 Å². The van der Waals surface area contributed by atoms with E-state index in [9.17, 15) is 19.5 Å². The van der Waals surface area contributed by atoms with Gasteiger partial charge in [0.1, 0.15) is 12.1 Å². The Bertz CT molecular complexity index is 936. The molecule has 1 saturated heterocycles. The van der Waals surface area contributed by atoms with Crippen molar-refractivity contribution >= 4 is 18.0 Å². The summed E-state index contributed by atoms with van der Waals surface area (Å²) in [5, 5.41) is 11.9.